The molecule has 0 aromatic heterocycles. The number of hydrogen-bond donors (Lipinski definition) is 2. The van der Waals surface area contributed by atoms with Gasteiger partial charge in [-0.05, 0) is 101 Å². The van der Waals surface area contributed by atoms with Gasteiger partial charge in [0.25, 0.3) is 0 Å². The lowest BCUT2D eigenvalue weighted by molar-refractivity contribution is -0.491. The highest BCUT2D eigenvalue weighted by Crippen LogP contribution is 2.68. The first-order valence-electron chi connectivity index (χ1n) is 23.6. The molecule has 1 heterocycles. The first kappa shape index (κ1) is 68.1. The molecule has 444 valence electrons. The maximum absolute atomic E-state index is 14.9. The van der Waals surface area contributed by atoms with Crippen LogP contribution in [0.2, 0.25) is 0 Å². The van der Waals surface area contributed by atoms with Gasteiger partial charge in [0.1, 0.15) is 17.1 Å². The van der Waals surface area contributed by atoms with Gasteiger partial charge in [0.15, 0.2) is 0 Å². The molecular formula is C46H59F23N2O5. The third-order valence-corrected chi connectivity index (χ3v) is 13.4. The molecule has 30 heteroatoms. The average molecular weight is 1160 g/mol. The second-order valence-electron chi connectivity index (χ2n) is 20.0. The summed E-state index contributed by atoms with van der Waals surface area (Å²) < 4.78 is 332. The Morgan fingerprint density at radius 3 is 1.33 bits per heavy atom. The van der Waals surface area contributed by atoms with Crippen LogP contribution in [0.5, 0.6) is 11.5 Å². The molecular weight excluding hydrogens is 1100 g/mol. The zero-order chi connectivity index (χ0) is 59.5. The molecule has 0 saturated carbocycles. The zero-order valence-electron chi connectivity index (χ0n) is 42.1. The van der Waals surface area contributed by atoms with Crippen molar-refractivity contribution in [3.05, 3.63) is 22.3 Å². The fourth-order valence-electron chi connectivity index (χ4n) is 8.43. The number of carbonyl (C=O) groups excluding carboxylic acids is 2. The summed E-state index contributed by atoms with van der Waals surface area (Å²) in [5, 5.41) is 3.01. The quantitative estimate of drug-likeness (QED) is 0.0713. The number of nitrogens with one attached hydrogen (secondary N) is 2. The average Bonchev–Trinajstić information content (AvgIpc) is 3.25. The van der Waals surface area contributed by atoms with Gasteiger partial charge in [0.05, 0.1) is 0 Å². The predicted molar refractivity (Wildman–Crippen MR) is 226 cm³/mol. The standard InChI is InChI=1S/C46H59F23N2O5/c1-24(2)14-11-15-25(3)16-12-17-26(4)18-13-20-35(8)21-19-30-29(7)31(27(5)28(6)32(30)75-35)74-33(72)70-22-9-10-23-71-34(73)76-36(44(61,62)63,45(64,65)66)37(47,48)38(49,50)39(51,52)40(53,54)41(55,56)42(57,58)43(59,60)46(67,68)69/h24-26H,9-23H2,1-8H3,(H,70,72)(H,71,73)/t25?,26?,35-/m0/s1. The number of benzene rings is 1. The van der Waals surface area contributed by atoms with Gasteiger partial charge in [-0.2, -0.15) is 101 Å². The van der Waals surface area contributed by atoms with Crippen LogP contribution in [0, 0.1) is 38.5 Å². The fraction of sp³-hybridized carbons (Fsp3) is 0.826. The van der Waals surface area contributed by atoms with Gasteiger partial charge in [0, 0.05) is 18.7 Å². The van der Waals surface area contributed by atoms with E-state index in [0.29, 0.717) is 53.0 Å². The van der Waals surface area contributed by atoms with Crippen molar-refractivity contribution >= 4 is 12.2 Å². The molecule has 1 aliphatic heterocycles. The molecule has 0 bridgehead atoms. The van der Waals surface area contributed by atoms with Crippen LogP contribution in [0.4, 0.5) is 111 Å². The van der Waals surface area contributed by atoms with Gasteiger partial charge in [-0.1, -0.05) is 72.6 Å². The van der Waals surface area contributed by atoms with Crippen molar-refractivity contribution in [1.82, 2.24) is 10.6 Å². The monoisotopic (exact) mass is 1160 g/mol. The van der Waals surface area contributed by atoms with Gasteiger partial charge in [0.2, 0.25) is 0 Å². The number of ether oxygens (including phenoxy) is 3. The van der Waals surface area contributed by atoms with Crippen molar-refractivity contribution in [2.45, 2.75) is 210 Å². The SMILES string of the molecule is Cc1c(C)c2c(c(C)c1OC(=O)NCCCCNC(=O)OC(C(F)(F)F)(C(F)(F)F)C(F)(F)C(F)(F)C(F)(F)C(F)(F)C(F)(F)C(F)(F)C(F)(F)C(F)(F)F)CC[C@](C)(CCCC(C)CCCC(C)CCCC(C)C)O2. The molecule has 2 rings (SSSR count). The molecule has 2 unspecified atom stereocenters. The van der Waals surface area contributed by atoms with E-state index < -0.39 is 109 Å². The number of alkyl carbamates (subject to hydrolysis) is 1. The lowest BCUT2D eigenvalue weighted by Gasteiger charge is -2.47. The topological polar surface area (TPSA) is 85.9 Å². The second-order valence-corrected chi connectivity index (χ2v) is 20.0. The molecule has 0 spiro atoms. The minimum atomic E-state index is -9.61. The normalized spacial score (nSPS) is 17.7. The van der Waals surface area contributed by atoms with E-state index in [0.717, 1.165) is 43.0 Å². The van der Waals surface area contributed by atoms with Crippen LogP contribution in [0.15, 0.2) is 0 Å². The largest absolute Gasteiger partial charge is 0.487 e. The van der Waals surface area contributed by atoms with Gasteiger partial charge in [-0.15, -0.1) is 0 Å². The Kier molecular flexibility index (Phi) is 21.3. The van der Waals surface area contributed by atoms with Crippen LogP contribution in [0.25, 0.3) is 0 Å². The third kappa shape index (κ3) is 13.3. The summed E-state index contributed by atoms with van der Waals surface area (Å²) >= 11 is 0. The Hall–Kier alpha value is -4.05. The zero-order valence-corrected chi connectivity index (χ0v) is 42.1. The molecule has 1 aromatic carbocycles. The van der Waals surface area contributed by atoms with Gasteiger partial charge in [-0.3, -0.25) is 0 Å². The minimum absolute atomic E-state index is 0.102. The first-order chi connectivity index (χ1) is 34.0. The molecule has 1 aliphatic rings. The Morgan fingerprint density at radius 2 is 0.908 bits per heavy atom. The number of carbonyl (C=O) groups is 2. The molecule has 2 amide bonds. The van der Waals surface area contributed by atoms with Crippen molar-refractivity contribution < 1.29 is 125 Å². The smallest absolute Gasteiger partial charge is 0.460 e. The van der Waals surface area contributed by atoms with E-state index in [1.165, 1.54) is 25.7 Å². The summed E-state index contributed by atoms with van der Waals surface area (Å²) in [7, 11) is 0. The van der Waals surface area contributed by atoms with Crippen molar-refractivity contribution in [1.29, 1.82) is 0 Å². The number of halogens is 23. The summed E-state index contributed by atoms with van der Waals surface area (Å²) in [6.07, 6.45) is -20.1. The number of amides is 2. The van der Waals surface area contributed by atoms with E-state index in [1.54, 1.807) is 20.8 Å². The summed E-state index contributed by atoms with van der Waals surface area (Å²) in [5.41, 5.74) is -6.70. The summed E-state index contributed by atoms with van der Waals surface area (Å²) in [4.78, 5) is 24.8. The van der Waals surface area contributed by atoms with E-state index in [9.17, 15) is 111 Å². The molecule has 2 N–H and O–H groups in total. The Labute approximate surface area is 422 Å². The number of fused-ring (bicyclic) bond motifs is 1. The number of unbranched alkanes of at least 4 members (excludes halogenated alkanes) is 1. The predicted octanol–water partition coefficient (Wildman–Crippen LogP) is 16.6. The molecule has 0 saturated heterocycles. The summed E-state index contributed by atoms with van der Waals surface area (Å²) in [5.74, 6) is -62.6. The van der Waals surface area contributed by atoms with Crippen molar-refractivity contribution in [2.75, 3.05) is 13.1 Å². The molecule has 0 fully saturated rings. The second kappa shape index (κ2) is 23.7. The van der Waals surface area contributed by atoms with Crippen LogP contribution in [-0.4, -0.2) is 96.5 Å². The molecule has 3 atom stereocenters. The van der Waals surface area contributed by atoms with E-state index in [4.69, 9.17) is 9.47 Å². The fourth-order valence-corrected chi connectivity index (χ4v) is 8.43. The summed E-state index contributed by atoms with van der Waals surface area (Å²) in [6.45, 7) is 14.1. The minimum Gasteiger partial charge on any atom is -0.487 e. The molecule has 1 aromatic rings. The maximum Gasteiger partial charge on any atom is 0.460 e. The van der Waals surface area contributed by atoms with Crippen LogP contribution in [0.3, 0.4) is 0 Å². The number of alkyl halides is 23. The van der Waals surface area contributed by atoms with Gasteiger partial charge in [-0.25, -0.2) is 9.59 Å². The maximum atomic E-state index is 14.9. The Bertz CT molecular complexity index is 2110. The highest BCUT2D eigenvalue weighted by Gasteiger charge is 3.00. The van der Waals surface area contributed by atoms with Crippen molar-refractivity contribution in [3.8, 4) is 11.5 Å². The van der Waals surface area contributed by atoms with Crippen molar-refractivity contribution in [2.24, 2.45) is 17.8 Å². The van der Waals surface area contributed by atoms with Crippen molar-refractivity contribution in [3.63, 3.8) is 0 Å². The Balaban J connectivity index is 2.14. The van der Waals surface area contributed by atoms with Crippen LogP contribution >= 0.6 is 0 Å². The van der Waals surface area contributed by atoms with E-state index >= 15 is 0 Å². The lowest BCUT2D eigenvalue weighted by atomic mass is 9.82. The molecule has 0 aliphatic carbocycles. The first-order valence-corrected chi connectivity index (χ1v) is 23.6. The lowest BCUT2D eigenvalue weighted by Crippen LogP contribution is -2.81. The van der Waals surface area contributed by atoms with Crippen LogP contribution in [0.1, 0.15) is 134 Å². The Morgan fingerprint density at radius 1 is 0.513 bits per heavy atom. The van der Waals surface area contributed by atoms with E-state index in [2.05, 4.69) is 37.7 Å². The third-order valence-electron chi connectivity index (χ3n) is 13.4. The van der Waals surface area contributed by atoms with E-state index in [1.807, 2.05) is 6.92 Å². The van der Waals surface area contributed by atoms with E-state index in [-0.39, 0.29) is 5.75 Å². The van der Waals surface area contributed by atoms with Gasteiger partial charge < -0.3 is 24.8 Å². The molecule has 76 heavy (non-hydrogen) atoms. The van der Waals surface area contributed by atoms with Crippen LogP contribution in [-0.2, 0) is 11.2 Å². The van der Waals surface area contributed by atoms with Crippen LogP contribution < -0.4 is 20.1 Å². The van der Waals surface area contributed by atoms with Gasteiger partial charge >= 0.3 is 77.8 Å². The molecule has 7 nitrogen and oxygen atoms in total. The highest BCUT2D eigenvalue weighted by molar-refractivity contribution is 5.73. The summed E-state index contributed by atoms with van der Waals surface area (Å²) in [6, 6.07) is 0. The number of rotatable bonds is 26. The molecule has 0 radical (unpaired) electrons. The number of hydrogen-bond acceptors (Lipinski definition) is 5. The highest BCUT2D eigenvalue weighted by atomic mass is 19.4.